The maximum absolute atomic E-state index is 11.0. The summed E-state index contributed by atoms with van der Waals surface area (Å²) < 4.78 is 5.04. The number of benzene rings is 1. The zero-order valence-corrected chi connectivity index (χ0v) is 8.38. The standard InChI is InChI=1S/C11H9N3O2/c1-2-10(15)13-9-5-3-8(4-6-9)11-14-12-7-16-11/h2-7H,1H2,(H,13,15). The van der Waals surface area contributed by atoms with Crippen LogP contribution in [0.25, 0.3) is 11.5 Å². The molecule has 1 aromatic heterocycles. The van der Waals surface area contributed by atoms with E-state index in [1.165, 1.54) is 12.5 Å². The summed E-state index contributed by atoms with van der Waals surface area (Å²) in [5, 5.41) is 10.00. The van der Waals surface area contributed by atoms with Gasteiger partial charge in [0.15, 0.2) is 0 Å². The first-order chi connectivity index (χ1) is 7.79. The first-order valence-electron chi connectivity index (χ1n) is 4.59. The third kappa shape index (κ3) is 2.14. The van der Waals surface area contributed by atoms with Gasteiger partial charge in [-0.15, -0.1) is 10.2 Å². The molecule has 0 unspecified atom stereocenters. The Bertz CT molecular complexity index is 488. The minimum absolute atomic E-state index is 0.245. The van der Waals surface area contributed by atoms with Crippen molar-refractivity contribution in [3.8, 4) is 11.5 Å². The molecule has 2 aromatic rings. The highest BCUT2D eigenvalue weighted by Crippen LogP contribution is 2.18. The Balaban J connectivity index is 2.17. The van der Waals surface area contributed by atoms with Crippen LogP contribution < -0.4 is 5.32 Å². The summed E-state index contributed by atoms with van der Waals surface area (Å²) in [4.78, 5) is 11.0. The molecule has 0 fully saturated rings. The lowest BCUT2D eigenvalue weighted by Crippen LogP contribution is -2.06. The van der Waals surface area contributed by atoms with Crippen LogP contribution in [0.4, 0.5) is 5.69 Å². The Morgan fingerprint density at radius 2 is 2.12 bits per heavy atom. The van der Waals surface area contributed by atoms with Gasteiger partial charge in [-0.25, -0.2) is 0 Å². The number of nitrogens with one attached hydrogen (secondary N) is 1. The molecule has 5 nitrogen and oxygen atoms in total. The number of hydrogen-bond acceptors (Lipinski definition) is 4. The van der Waals surface area contributed by atoms with E-state index in [9.17, 15) is 4.79 Å². The molecule has 0 bridgehead atoms. The molecule has 0 aliphatic heterocycles. The third-order valence-corrected chi connectivity index (χ3v) is 1.94. The van der Waals surface area contributed by atoms with Gasteiger partial charge in [0.25, 0.3) is 0 Å². The van der Waals surface area contributed by atoms with Gasteiger partial charge < -0.3 is 9.73 Å². The number of amides is 1. The lowest BCUT2D eigenvalue weighted by atomic mass is 10.2. The molecule has 0 aliphatic rings. The molecule has 80 valence electrons. The molecule has 16 heavy (non-hydrogen) atoms. The summed E-state index contributed by atoms with van der Waals surface area (Å²) in [6.45, 7) is 3.37. The zero-order chi connectivity index (χ0) is 11.4. The molecule has 2 rings (SSSR count). The van der Waals surface area contributed by atoms with Crippen molar-refractivity contribution < 1.29 is 9.21 Å². The van der Waals surface area contributed by atoms with Gasteiger partial charge in [0.05, 0.1) is 0 Å². The number of nitrogens with zero attached hydrogens (tertiary/aromatic N) is 2. The Labute approximate surface area is 91.8 Å². The summed E-state index contributed by atoms with van der Waals surface area (Å²) >= 11 is 0. The van der Waals surface area contributed by atoms with Crippen LogP contribution in [0, 0.1) is 0 Å². The summed E-state index contributed by atoms with van der Waals surface area (Å²) in [5.41, 5.74) is 1.49. The van der Waals surface area contributed by atoms with Crippen LogP contribution in [0.1, 0.15) is 0 Å². The molecular weight excluding hydrogens is 206 g/mol. The highest BCUT2D eigenvalue weighted by molar-refractivity contribution is 5.98. The van der Waals surface area contributed by atoms with Crippen LogP contribution in [-0.2, 0) is 4.79 Å². The molecule has 0 saturated carbocycles. The summed E-state index contributed by atoms with van der Waals surface area (Å²) in [6, 6.07) is 7.07. The van der Waals surface area contributed by atoms with E-state index in [2.05, 4.69) is 22.1 Å². The molecule has 0 radical (unpaired) electrons. The second-order valence-corrected chi connectivity index (χ2v) is 3.01. The van der Waals surface area contributed by atoms with E-state index in [1.807, 2.05) is 0 Å². The van der Waals surface area contributed by atoms with E-state index in [1.54, 1.807) is 24.3 Å². The highest BCUT2D eigenvalue weighted by atomic mass is 16.4. The van der Waals surface area contributed by atoms with Crippen LogP contribution >= 0.6 is 0 Å². The number of anilines is 1. The van der Waals surface area contributed by atoms with Crippen molar-refractivity contribution in [2.45, 2.75) is 0 Å². The van der Waals surface area contributed by atoms with Crippen LogP contribution in [-0.4, -0.2) is 16.1 Å². The highest BCUT2D eigenvalue weighted by Gasteiger charge is 2.03. The minimum atomic E-state index is -0.245. The average Bonchev–Trinajstić information content (AvgIpc) is 2.83. The van der Waals surface area contributed by atoms with E-state index in [0.29, 0.717) is 11.6 Å². The van der Waals surface area contributed by atoms with Crippen LogP contribution in [0.3, 0.4) is 0 Å². The van der Waals surface area contributed by atoms with Gasteiger partial charge in [0, 0.05) is 11.3 Å². The monoisotopic (exact) mass is 215 g/mol. The van der Waals surface area contributed by atoms with Crippen molar-refractivity contribution in [1.29, 1.82) is 0 Å². The Morgan fingerprint density at radius 1 is 1.38 bits per heavy atom. The molecule has 0 spiro atoms. The van der Waals surface area contributed by atoms with Gasteiger partial charge in [-0.1, -0.05) is 6.58 Å². The van der Waals surface area contributed by atoms with Crippen LogP contribution in [0.5, 0.6) is 0 Å². The molecular formula is C11H9N3O2. The van der Waals surface area contributed by atoms with E-state index in [0.717, 1.165) is 5.56 Å². The number of carbonyl (C=O) groups is 1. The van der Waals surface area contributed by atoms with Crippen molar-refractivity contribution >= 4 is 11.6 Å². The van der Waals surface area contributed by atoms with Gasteiger partial charge in [0.2, 0.25) is 18.2 Å². The zero-order valence-electron chi connectivity index (χ0n) is 8.38. The van der Waals surface area contributed by atoms with Crippen molar-refractivity contribution in [3.05, 3.63) is 43.3 Å². The van der Waals surface area contributed by atoms with Gasteiger partial charge in [-0.3, -0.25) is 4.79 Å². The average molecular weight is 215 g/mol. The van der Waals surface area contributed by atoms with Crippen molar-refractivity contribution in [1.82, 2.24) is 10.2 Å². The van der Waals surface area contributed by atoms with Crippen LogP contribution in [0.2, 0.25) is 0 Å². The molecule has 1 N–H and O–H groups in total. The van der Waals surface area contributed by atoms with Gasteiger partial charge in [-0.2, -0.15) is 0 Å². The van der Waals surface area contributed by atoms with Crippen molar-refractivity contribution in [2.24, 2.45) is 0 Å². The topological polar surface area (TPSA) is 68.0 Å². The molecule has 1 amide bonds. The van der Waals surface area contributed by atoms with Crippen molar-refractivity contribution in [3.63, 3.8) is 0 Å². The number of rotatable bonds is 3. The quantitative estimate of drug-likeness (QED) is 0.793. The second-order valence-electron chi connectivity index (χ2n) is 3.01. The molecule has 0 atom stereocenters. The largest absolute Gasteiger partial charge is 0.423 e. The fourth-order valence-corrected chi connectivity index (χ4v) is 1.19. The number of carbonyl (C=O) groups excluding carboxylic acids is 1. The Morgan fingerprint density at radius 3 is 2.69 bits per heavy atom. The summed E-state index contributed by atoms with van der Waals surface area (Å²) in [6.07, 6.45) is 2.48. The predicted molar refractivity (Wildman–Crippen MR) is 58.6 cm³/mol. The van der Waals surface area contributed by atoms with Gasteiger partial charge in [0.1, 0.15) is 0 Å². The SMILES string of the molecule is C=CC(=O)Nc1ccc(-c2nnco2)cc1. The maximum atomic E-state index is 11.0. The van der Waals surface area contributed by atoms with Crippen molar-refractivity contribution in [2.75, 3.05) is 5.32 Å². The summed E-state index contributed by atoms with van der Waals surface area (Å²) in [5.74, 6) is 0.201. The smallest absolute Gasteiger partial charge is 0.247 e. The predicted octanol–water partition coefficient (Wildman–Crippen LogP) is 1.86. The lowest BCUT2D eigenvalue weighted by Gasteiger charge is -2.01. The fraction of sp³-hybridized carbons (Fsp3) is 0. The van der Waals surface area contributed by atoms with Gasteiger partial charge >= 0.3 is 0 Å². The normalized spacial score (nSPS) is 9.75. The fourth-order valence-electron chi connectivity index (χ4n) is 1.19. The number of hydrogen-bond donors (Lipinski definition) is 1. The second kappa shape index (κ2) is 4.39. The minimum Gasteiger partial charge on any atom is -0.423 e. The third-order valence-electron chi connectivity index (χ3n) is 1.94. The lowest BCUT2D eigenvalue weighted by molar-refractivity contribution is -0.111. The van der Waals surface area contributed by atoms with E-state index in [-0.39, 0.29) is 5.91 Å². The van der Waals surface area contributed by atoms with Crippen LogP contribution in [0.15, 0.2) is 47.7 Å². The van der Waals surface area contributed by atoms with E-state index >= 15 is 0 Å². The first-order valence-corrected chi connectivity index (χ1v) is 4.59. The van der Waals surface area contributed by atoms with E-state index in [4.69, 9.17) is 4.42 Å². The Hall–Kier alpha value is -2.43. The maximum Gasteiger partial charge on any atom is 0.247 e. The van der Waals surface area contributed by atoms with Gasteiger partial charge in [-0.05, 0) is 30.3 Å². The number of aromatic nitrogens is 2. The molecule has 1 heterocycles. The first kappa shape index (κ1) is 10.1. The molecule has 1 aromatic carbocycles. The molecule has 5 heteroatoms. The molecule has 0 saturated heterocycles. The molecule has 0 aliphatic carbocycles. The van der Waals surface area contributed by atoms with E-state index < -0.39 is 0 Å². The Kier molecular flexibility index (Phi) is 2.77. The summed E-state index contributed by atoms with van der Waals surface area (Å²) in [7, 11) is 0.